The summed E-state index contributed by atoms with van der Waals surface area (Å²) in [5.74, 6) is 0.332. The molecule has 0 bridgehead atoms. The van der Waals surface area contributed by atoms with E-state index in [-0.39, 0.29) is 18.4 Å². The molecule has 0 spiro atoms. The van der Waals surface area contributed by atoms with Crippen LogP contribution < -0.4 is 5.32 Å². The summed E-state index contributed by atoms with van der Waals surface area (Å²) >= 11 is 6.39. The zero-order chi connectivity index (χ0) is 19.6. The third-order valence-electron chi connectivity index (χ3n) is 4.13. The summed E-state index contributed by atoms with van der Waals surface area (Å²) in [4.78, 5) is 26.8. The van der Waals surface area contributed by atoms with Gasteiger partial charge < -0.3 is 14.7 Å². The molecule has 2 rings (SSSR count). The van der Waals surface area contributed by atoms with Gasteiger partial charge in [-0.3, -0.25) is 9.59 Å². The fourth-order valence-electron chi connectivity index (χ4n) is 2.70. The van der Waals surface area contributed by atoms with Crippen LogP contribution in [0.5, 0.6) is 0 Å². The van der Waals surface area contributed by atoms with E-state index in [0.717, 1.165) is 31.2 Å². The summed E-state index contributed by atoms with van der Waals surface area (Å²) in [6.07, 6.45) is 4.02. The normalized spacial score (nSPS) is 11.8. The smallest absolute Gasteiger partial charge is 0.245 e. The molecule has 2 amide bonds. The van der Waals surface area contributed by atoms with Crippen LogP contribution in [0.25, 0.3) is 0 Å². The molecular weight excluding hydrogens is 366 g/mol. The number of benzene rings is 1. The molecule has 0 aliphatic rings. The predicted molar refractivity (Wildman–Crippen MR) is 106 cm³/mol. The monoisotopic (exact) mass is 391 g/mol. The number of hydrogen-bond donors (Lipinski definition) is 1. The maximum atomic E-state index is 12.9. The summed E-state index contributed by atoms with van der Waals surface area (Å²) in [6.45, 7) is 4.28. The number of nitrogens with one attached hydrogen (secondary N) is 1. The van der Waals surface area contributed by atoms with E-state index >= 15 is 0 Å². The van der Waals surface area contributed by atoms with Crippen molar-refractivity contribution in [3.8, 4) is 0 Å². The molecule has 2 aromatic rings. The summed E-state index contributed by atoms with van der Waals surface area (Å²) in [6, 6.07) is 10.8. The molecule has 0 saturated carbocycles. The second kappa shape index (κ2) is 10.7. The maximum Gasteiger partial charge on any atom is 0.245 e. The maximum absolute atomic E-state index is 12.9. The average Bonchev–Trinajstić information content (AvgIpc) is 3.08. The number of anilines is 1. The first kappa shape index (κ1) is 21.0. The van der Waals surface area contributed by atoms with Crippen LogP contribution in [0.3, 0.4) is 0 Å². The number of alkyl halides is 1. The van der Waals surface area contributed by atoms with Gasteiger partial charge in [0.1, 0.15) is 11.1 Å². The highest BCUT2D eigenvalue weighted by atomic mass is 35.5. The Labute approximate surface area is 164 Å². The highest BCUT2D eigenvalue weighted by molar-refractivity contribution is 6.30. The van der Waals surface area contributed by atoms with E-state index in [9.17, 15) is 9.59 Å². The van der Waals surface area contributed by atoms with E-state index in [2.05, 4.69) is 17.4 Å². The molecule has 1 unspecified atom stereocenters. The fourth-order valence-corrected chi connectivity index (χ4v) is 2.99. The number of carbonyl (C=O) groups excluding carboxylic acids is 2. The van der Waals surface area contributed by atoms with Crippen molar-refractivity contribution in [3.05, 3.63) is 47.7 Å². The number of carbonyl (C=O) groups is 2. The first-order valence-corrected chi connectivity index (χ1v) is 9.66. The van der Waals surface area contributed by atoms with Crippen molar-refractivity contribution in [2.24, 2.45) is 0 Å². The van der Waals surface area contributed by atoms with Crippen molar-refractivity contribution in [3.63, 3.8) is 0 Å². The van der Waals surface area contributed by atoms with Crippen LogP contribution in [0.1, 0.15) is 49.3 Å². The van der Waals surface area contributed by atoms with Gasteiger partial charge in [-0.1, -0.05) is 61.7 Å². The third-order valence-corrected chi connectivity index (χ3v) is 4.57. The Kier molecular flexibility index (Phi) is 8.33. The summed E-state index contributed by atoms with van der Waals surface area (Å²) < 4.78 is 4.94. The third kappa shape index (κ3) is 6.71. The van der Waals surface area contributed by atoms with E-state index in [1.54, 1.807) is 13.0 Å². The van der Waals surface area contributed by atoms with Gasteiger partial charge in [0.25, 0.3) is 0 Å². The van der Waals surface area contributed by atoms with Crippen molar-refractivity contribution >= 4 is 29.2 Å². The average molecular weight is 392 g/mol. The summed E-state index contributed by atoms with van der Waals surface area (Å²) in [7, 11) is 0. The van der Waals surface area contributed by atoms with Gasteiger partial charge in [-0.05, 0) is 18.9 Å². The molecule has 6 nitrogen and oxygen atoms in total. The molecule has 1 aromatic heterocycles. The van der Waals surface area contributed by atoms with Crippen molar-refractivity contribution in [1.82, 2.24) is 10.1 Å². The molecule has 0 fully saturated rings. The Hall–Kier alpha value is -2.34. The number of halogens is 1. The van der Waals surface area contributed by atoms with E-state index in [1.807, 2.05) is 30.3 Å². The second-order valence-corrected chi connectivity index (χ2v) is 6.90. The molecule has 0 aliphatic heterocycles. The molecule has 7 heteroatoms. The number of aryl methyl sites for hydroxylation is 1. The Morgan fingerprint density at radius 2 is 1.96 bits per heavy atom. The Bertz CT molecular complexity index is 733. The highest BCUT2D eigenvalue weighted by Crippen LogP contribution is 2.23. The minimum absolute atomic E-state index is 0.0765. The molecule has 1 N–H and O–H groups in total. The largest absolute Gasteiger partial charge is 0.360 e. The number of unbranched alkanes of at least 4 members (excludes halogenated alkanes) is 3. The van der Waals surface area contributed by atoms with Crippen LogP contribution in [0.2, 0.25) is 0 Å². The van der Waals surface area contributed by atoms with Crippen LogP contribution >= 0.6 is 11.6 Å². The zero-order valence-electron chi connectivity index (χ0n) is 15.8. The predicted octanol–water partition coefficient (Wildman–Crippen LogP) is 4.31. The van der Waals surface area contributed by atoms with Gasteiger partial charge >= 0.3 is 0 Å². The van der Waals surface area contributed by atoms with E-state index < -0.39 is 5.38 Å². The van der Waals surface area contributed by atoms with Crippen molar-refractivity contribution < 1.29 is 14.1 Å². The van der Waals surface area contributed by atoms with E-state index in [4.69, 9.17) is 16.1 Å². The Morgan fingerprint density at radius 3 is 2.59 bits per heavy atom. The zero-order valence-corrected chi connectivity index (χ0v) is 16.5. The number of rotatable bonds is 10. The molecule has 0 saturated heterocycles. The van der Waals surface area contributed by atoms with Gasteiger partial charge in [-0.2, -0.15) is 0 Å². The lowest BCUT2D eigenvalue weighted by molar-refractivity contribution is -0.134. The lowest BCUT2D eigenvalue weighted by Crippen LogP contribution is -2.40. The molecule has 27 heavy (non-hydrogen) atoms. The fraction of sp³-hybridized carbons (Fsp3) is 0.450. The minimum atomic E-state index is -0.820. The van der Waals surface area contributed by atoms with Gasteiger partial charge in [0.05, 0.1) is 6.54 Å². The van der Waals surface area contributed by atoms with Gasteiger partial charge in [0.15, 0.2) is 5.82 Å². The van der Waals surface area contributed by atoms with E-state index in [0.29, 0.717) is 18.1 Å². The van der Waals surface area contributed by atoms with Crippen LogP contribution in [0.4, 0.5) is 5.82 Å². The Balaban J connectivity index is 2.02. The lowest BCUT2D eigenvalue weighted by atomic mass is 10.1. The van der Waals surface area contributed by atoms with Gasteiger partial charge in [0, 0.05) is 12.6 Å². The number of amides is 2. The first-order chi connectivity index (χ1) is 13.0. The standard InChI is InChI=1S/C20H26ClN3O3/c1-3-4-5-9-12-24(14-18(25)22-17-13-15(2)27-23-17)20(26)19(21)16-10-7-6-8-11-16/h6-8,10-11,13,19H,3-5,9,12,14H2,1-2H3,(H,22,23,25). The first-order valence-electron chi connectivity index (χ1n) is 9.22. The number of hydrogen-bond acceptors (Lipinski definition) is 4. The molecule has 0 radical (unpaired) electrons. The van der Waals surface area contributed by atoms with Crippen molar-refractivity contribution in [2.75, 3.05) is 18.4 Å². The van der Waals surface area contributed by atoms with Gasteiger partial charge in [-0.25, -0.2) is 0 Å². The summed E-state index contributed by atoms with van der Waals surface area (Å²) in [5.41, 5.74) is 0.718. The van der Waals surface area contributed by atoms with Crippen LogP contribution in [0.15, 0.2) is 40.9 Å². The molecular formula is C20H26ClN3O3. The molecule has 1 aromatic carbocycles. The molecule has 0 aliphatic carbocycles. The van der Waals surface area contributed by atoms with Crippen molar-refractivity contribution in [2.45, 2.75) is 44.9 Å². The van der Waals surface area contributed by atoms with Crippen LogP contribution in [-0.2, 0) is 9.59 Å². The van der Waals surface area contributed by atoms with Gasteiger partial charge in [0.2, 0.25) is 11.8 Å². The number of aromatic nitrogens is 1. The molecule has 146 valence electrons. The quantitative estimate of drug-likeness (QED) is 0.483. The van der Waals surface area contributed by atoms with Gasteiger partial charge in [-0.15, -0.1) is 11.6 Å². The number of nitrogens with zero attached hydrogens (tertiary/aromatic N) is 2. The minimum Gasteiger partial charge on any atom is -0.360 e. The van der Waals surface area contributed by atoms with E-state index in [1.165, 1.54) is 4.90 Å². The molecule has 1 heterocycles. The molecule has 1 atom stereocenters. The van der Waals surface area contributed by atoms with Crippen LogP contribution in [-0.4, -0.2) is 35.0 Å². The van der Waals surface area contributed by atoms with Crippen LogP contribution in [0, 0.1) is 6.92 Å². The second-order valence-electron chi connectivity index (χ2n) is 6.46. The SMILES string of the molecule is CCCCCCN(CC(=O)Nc1cc(C)on1)C(=O)C(Cl)c1ccccc1. The highest BCUT2D eigenvalue weighted by Gasteiger charge is 2.25. The summed E-state index contributed by atoms with van der Waals surface area (Å²) in [5, 5.41) is 5.57. The topological polar surface area (TPSA) is 75.4 Å². The van der Waals surface area contributed by atoms with Crippen molar-refractivity contribution in [1.29, 1.82) is 0 Å². The Morgan fingerprint density at radius 1 is 1.22 bits per heavy atom. The lowest BCUT2D eigenvalue weighted by Gasteiger charge is -2.24.